The van der Waals surface area contributed by atoms with E-state index in [0.29, 0.717) is 43.9 Å². The van der Waals surface area contributed by atoms with E-state index < -0.39 is 10.2 Å². The van der Waals surface area contributed by atoms with Crippen LogP contribution in [0.15, 0.2) is 34.7 Å². The Morgan fingerprint density at radius 3 is 2.34 bits per heavy atom. The smallest absolute Gasteiger partial charge is 0.281 e. The lowest BCUT2D eigenvalue weighted by atomic mass is 9.92. The fourth-order valence-corrected chi connectivity index (χ4v) is 6.51. The molecule has 0 bridgehead atoms. The van der Waals surface area contributed by atoms with Gasteiger partial charge in [-0.05, 0) is 55.6 Å². The van der Waals surface area contributed by atoms with Crippen LogP contribution in [-0.4, -0.2) is 53.4 Å². The highest BCUT2D eigenvalue weighted by Crippen LogP contribution is 2.64. The summed E-state index contributed by atoms with van der Waals surface area (Å²) in [5.74, 6) is 2.13. The second-order valence-electron chi connectivity index (χ2n) is 8.92. The van der Waals surface area contributed by atoms with E-state index in [1.807, 2.05) is 30.3 Å². The molecule has 29 heavy (non-hydrogen) atoms. The topological polar surface area (TPSA) is 79.5 Å². The predicted molar refractivity (Wildman–Crippen MR) is 109 cm³/mol. The molecule has 0 unspecified atom stereocenters. The standard InChI is InChI=1S/C21H28N4O3S/c1-16-7-11-24(12-8-16)29(26,27)25-13-9-21(10-14-25)15-18(21)20-23-22-19(28-20)17-5-3-2-4-6-17/h2-6,16,18H,7-15H2,1H3/t18-/m1/s1. The maximum absolute atomic E-state index is 13.0. The minimum absolute atomic E-state index is 0.128. The SMILES string of the molecule is CC1CCN(S(=O)(=O)N2CCC3(CC2)C[C@@H]3c2nnc(-c3ccccc3)o2)CC1. The molecule has 1 saturated carbocycles. The summed E-state index contributed by atoms with van der Waals surface area (Å²) in [5, 5.41) is 8.51. The first-order chi connectivity index (χ1) is 14.0. The van der Waals surface area contributed by atoms with Gasteiger partial charge in [0, 0.05) is 37.7 Å². The second kappa shape index (κ2) is 7.18. The highest BCUT2D eigenvalue weighted by atomic mass is 32.2. The summed E-state index contributed by atoms with van der Waals surface area (Å²) in [7, 11) is -3.33. The summed E-state index contributed by atoms with van der Waals surface area (Å²) in [6.45, 7) is 4.67. The minimum atomic E-state index is -3.33. The number of benzene rings is 1. The van der Waals surface area contributed by atoms with Gasteiger partial charge in [-0.2, -0.15) is 17.0 Å². The Morgan fingerprint density at radius 2 is 1.66 bits per heavy atom. The molecule has 3 fully saturated rings. The third kappa shape index (κ3) is 3.51. The number of rotatable bonds is 4. The van der Waals surface area contributed by atoms with Crippen molar-refractivity contribution in [2.45, 2.75) is 44.9 Å². The first-order valence-corrected chi connectivity index (χ1v) is 12.0. The lowest BCUT2D eigenvalue weighted by molar-refractivity contribution is 0.217. The molecule has 7 nitrogen and oxygen atoms in total. The van der Waals surface area contributed by atoms with Crippen LogP contribution in [0.3, 0.4) is 0 Å². The van der Waals surface area contributed by atoms with Crippen molar-refractivity contribution in [1.29, 1.82) is 0 Å². The number of aromatic nitrogens is 2. The van der Waals surface area contributed by atoms with Gasteiger partial charge in [-0.3, -0.25) is 0 Å². The molecule has 156 valence electrons. The maximum atomic E-state index is 13.0. The summed E-state index contributed by atoms with van der Waals surface area (Å²) in [5.41, 5.74) is 1.06. The molecule has 1 aliphatic carbocycles. The molecule has 1 aromatic heterocycles. The van der Waals surface area contributed by atoms with Crippen LogP contribution < -0.4 is 0 Å². The fraction of sp³-hybridized carbons (Fsp3) is 0.619. The average molecular weight is 417 g/mol. The van der Waals surface area contributed by atoms with E-state index >= 15 is 0 Å². The first-order valence-electron chi connectivity index (χ1n) is 10.6. The Kier molecular flexibility index (Phi) is 4.75. The number of hydrogen-bond donors (Lipinski definition) is 0. The third-order valence-corrected chi connectivity index (χ3v) is 9.10. The van der Waals surface area contributed by atoms with Crippen molar-refractivity contribution < 1.29 is 12.8 Å². The van der Waals surface area contributed by atoms with Crippen molar-refractivity contribution in [2.24, 2.45) is 11.3 Å². The van der Waals surface area contributed by atoms with Crippen molar-refractivity contribution in [3.05, 3.63) is 36.2 Å². The van der Waals surface area contributed by atoms with Crippen LogP contribution in [0.4, 0.5) is 0 Å². The zero-order valence-electron chi connectivity index (χ0n) is 16.8. The Balaban J connectivity index is 1.22. The summed E-state index contributed by atoms with van der Waals surface area (Å²) < 4.78 is 35.3. The Hall–Kier alpha value is -1.77. The van der Waals surface area contributed by atoms with Gasteiger partial charge in [0.2, 0.25) is 11.8 Å². The lowest BCUT2D eigenvalue weighted by Crippen LogP contribution is -2.49. The van der Waals surface area contributed by atoms with Crippen LogP contribution in [0.25, 0.3) is 11.5 Å². The molecule has 1 spiro atoms. The van der Waals surface area contributed by atoms with Crippen molar-refractivity contribution >= 4 is 10.2 Å². The van der Waals surface area contributed by atoms with E-state index in [1.54, 1.807) is 8.61 Å². The zero-order valence-corrected chi connectivity index (χ0v) is 17.6. The number of hydrogen-bond acceptors (Lipinski definition) is 5. The number of nitrogens with zero attached hydrogens (tertiary/aromatic N) is 4. The van der Waals surface area contributed by atoms with E-state index in [1.165, 1.54) is 0 Å². The summed E-state index contributed by atoms with van der Waals surface area (Å²) in [6.07, 6.45) is 4.66. The molecule has 3 aliphatic rings. The number of piperidine rings is 2. The van der Waals surface area contributed by atoms with Gasteiger partial charge in [0.05, 0.1) is 0 Å². The van der Waals surface area contributed by atoms with Crippen molar-refractivity contribution in [2.75, 3.05) is 26.2 Å². The van der Waals surface area contributed by atoms with E-state index in [2.05, 4.69) is 17.1 Å². The summed E-state index contributed by atoms with van der Waals surface area (Å²) >= 11 is 0. The van der Waals surface area contributed by atoms with Gasteiger partial charge in [0.1, 0.15) is 0 Å². The Bertz CT molecular complexity index is 959. The molecule has 0 amide bonds. The second-order valence-corrected chi connectivity index (χ2v) is 10.8. The molecule has 3 heterocycles. The van der Waals surface area contributed by atoms with Crippen LogP contribution in [0.5, 0.6) is 0 Å². The van der Waals surface area contributed by atoms with E-state index in [9.17, 15) is 8.42 Å². The van der Waals surface area contributed by atoms with Gasteiger partial charge in [-0.25, -0.2) is 0 Å². The molecular formula is C21H28N4O3S. The summed E-state index contributed by atoms with van der Waals surface area (Å²) in [6, 6.07) is 9.80. The highest BCUT2D eigenvalue weighted by Gasteiger charge is 2.59. The largest absolute Gasteiger partial charge is 0.420 e. The van der Waals surface area contributed by atoms with Gasteiger partial charge < -0.3 is 4.42 Å². The van der Waals surface area contributed by atoms with Crippen molar-refractivity contribution in [1.82, 2.24) is 18.8 Å². The Morgan fingerprint density at radius 1 is 1.00 bits per heavy atom. The molecule has 2 aliphatic heterocycles. The molecule has 1 aromatic carbocycles. The zero-order chi connectivity index (χ0) is 20.1. The average Bonchev–Trinajstić information content (AvgIpc) is 3.21. The fourth-order valence-electron chi connectivity index (χ4n) is 4.86. The molecule has 1 atom stereocenters. The van der Waals surface area contributed by atoms with Crippen LogP contribution in [0.1, 0.15) is 50.8 Å². The lowest BCUT2D eigenvalue weighted by Gasteiger charge is -2.37. The highest BCUT2D eigenvalue weighted by molar-refractivity contribution is 7.86. The quantitative estimate of drug-likeness (QED) is 0.764. The minimum Gasteiger partial charge on any atom is -0.420 e. The molecule has 2 saturated heterocycles. The molecule has 8 heteroatoms. The maximum Gasteiger partial charge on any atom is 0.281 e. The van der Waals surface area contributed by atoms with E-state index in [-0.39, 0.29) is 11.3 Å². The van der Waals surface area contributed by atoms with E-state index in [4.69, 9.17) is 4.42 Å². The first kappa shape index (κ1) is 19.2. The molecule has 5 rings (SSSR count). The normalized spacial score (nSPS) is 26.0. The van der Waals surface area contributed by atoms with Crippen molar-refractivity contribution in [3.63, 3.8) is 0 Å². The molecule has 0 N–H and O–H groups in total. The van der Waals surface area contributed by atoms with Gasteiger partial charge in [0.25, 0.3) is 10.2 Å². The molecule has 2 aromatic rings. The van der Waals surface area contributed by atoms with Gasteiger partial charge in [-0.15, -0.1) is 10.2 Å². The third-order valence-electron chi connectivity index (χ3n) is 7.06. The van der Waals surface area contributed by atoms with Gasteiger partial charge in [0.15, 0.2) is 0 Å². The molecular weight excluding hydrogens is 388 g/mol. The Labute approximate surface area is 172 Å². The van der Waals surface area contributed by atoms with Crippen LogP contribution in [0, 0.1) is 11.3 Å². The summed E-state index contributed by atoms with van der Waals surface area (Å²) in [4.78, 5) is 0. The molecule has 0 radical (unpaired) electrons. The van der Waals surface area contributed by atoms with Gasteiger partial charge >= 0.3 is 0 Å². The van der Waals surface area contributed by atoms with E-state index in [0.717, 1.165) is 37.7 Å². The van der Waals surface area contributed by atoms with Crippen molar-refractivity contribution in [3.8, 4) is 11.5 Å². The van der Waals surface area contributed by atoms with Gasteiger partial charge in [-0.1, -0.05) is 25.1 Å². The van der Waals surface area contributed by atoms with Crippen LogP contribution in [0.2, 0.25) is 0 Å². The van der Waals surface area contributed by atoms with Crippen LogP contribution in [-0.2, 0) is 10.2 Å². The van der Waals surface area contributed by atoms with Crippen LogP contribution >= 0.6 is 0 Å². The predicted octanol–water partition coefficient (Wildman–Crippen LogP) is 3.28. The monoisotopic (exact) mass is 416 g/mol.